The van der Waals surface area contributed by atoms with Crippen molar-refractivity contribution in [2.45, 2.75) is 19.4 Å². The van der Waals surface area contributed by atoms with Gasteiger partial charge in [0.25, 0.3) is 0 Å². The van der Waals surface area contributed by atoms with Crippen LogP contribution in [0.15, 0.2) is 12.1 Å². The van der Waals surface area contributed by atoms with Crippen LogP contribution in [0, 0.1) is 3.57 Å². The minimum absolute atomic E-state index is 0.568. The predicted molar refractivity (Wildman–Crippen MR) is 75.9 cm³/mol. The molecule has 0 aliphatic carbocycles. The molecule has 0 radical (unpaired) electrons. The van der Waals surface area contributed by atoms with Crippen molar-refractivity contribution in [2.75, 3.05) is 11.8 Å². The fourth-order valence-corrected chi connectivity index (χ4v) is 2.83. The highest BCUT2D eigenvalue weighted by Gasteiger charge is 2.10. The zero-order valence-electron chi connectivity index (χ0n) is 8.40. The van der Waals surface area contributed by atoms with Gasteiger partial charge in [-0.05, 0) is 58.2 Å². The Morgan fingerprint density at radius 1 is 1.07 bits per heavy atom. The molecule has 0 aliphatic heterocycles. The molecule has 84 valence electrons. The van der Waals surface area contributed by atoms with Gasteiger partial charge < -0.3 is 5.73 Å². The molecule has 15 heavy (non-hydrogen) atoms. The van der Waals surface area contributed by atoms with E-state index < -0.39 is 0 Å². The Bertz CT molecular complexity index is 329. The van der Waals surface area contributed by atoms with Crippen LogP contribution in [0.4, 0.5) is 0 Å². The lowest BCUT2D eigenvalue weighted by molar-refractivity contribution is 0.961. The normalized spacial score (nSPS) is 10.7. The van der Waals surface area contributed by atoms with E-state index in [4.69, 9.17) is 28.9 Å². The molecule has 0 heterocycles. The maximum atomic E-state index is 5.81. The quantitative estimate of drug-likeness (QED) is 0.635. The number of benzene rings is 1. The Labute approximate surface area is 114 Å². The average Bonchev–Trinajstić information content (AvgIpc) is 2.24. The Kier molecular flexibility index (Phi) is 6.27. The van der Waals surface area contributed by atoms with E-state index in [1.165, 1.54) is 20.3 Å². The summed E-state index contributed by atoms with van der Waals surface area (Å²) in [4.78, 5) is 0. The van der Waals surface area contributed by atoms with Crippen LogP contribution in [-0.2, 0) is 19.4 Å². The van der Waals surface area contributed by atoms with Crippen LogP contribution in [-0.4, -0.2) is 11.8 Å². The average molecular weight is 358 g/mol. The molecule has 1 aromatic carbocycles. The number of nitrogens with two attached hydrogens (primary N) is 1. The highest BCUT2D eigenvalue weighted by atomic mass is 127. The second-order valence-electron chi connectivity index (χ2n) is 3.25. The molecule has 0 saturated heterocycles. The molecule has 0 aliphatic rings. The van der Waals surface area contributed by atoms with Gasteiger partial charge in [0.05, 0.1) is 0 Å². The molecule has 2 N–H and O–H groups in total. The van der Waals surface area contributed by atoms with Gasteiger partial charge in [0, 0.05) is 21.9 Å². The SMILES string of the molecule is NCc1ccc(I)c(CCCl)c1CCCl. The van der Waals surface area contributed by atoms with Gasteiger partial charge in [0.1, 0.15) is 0 Å². The first-order chi connectivity index (χ1) is 7.24. The first-order valence-corrected chi connectivity index (χ1v) is 7.00. The van der Waals surface area contributed by atoms with Gasteiger partial charge in [-0.2, -0.15) is 0 Å². The van der Waals surface area contributed by atoms with E-state index in [1.54, 1.807) is 0 Å². The molecule has 0 amide bonds. The minimum atomic E-state index is 0.568. The molecule has 0 spiro atoms. The van der Waals surface area contributed by atoms with Gasteiger partial charge in [-0.25, -0.2) is 0 Å². The summed E-state index contributed by atoms with van der Waals surface area (Å²) in [6, 6.07) is 4.18. The van der Waals surface area contributed by atoms with Crippen molar-refractivity contribution in [2.24, 2.45) is 5.73 Å². The van der Waals surface area contributed by atoms with Crippen LogP contribution in [0.5, 0.6) is 0 Å². The molecular weight excluding hydrogens is 344 g/mol. The zero-order chi connectivity index (χ0) is 11.3. The van der Waals surface area contributed by atoms with Gasteiger partial charge in [0.2, 0.25) is 0 Å². The molecule has 1 rings (SSSR count). The van der Waals surface area contributed by atoms with Gasteiger partial charge in [-0.1, -0.05) is 6.07 Å². The van der Waals surface area contributed by atoms with Crippen molar-refractivity contribution < 1.29 is 0 Å². The monoisotopic (exact) mass is 357 g/mol. The fourth-order valence-electron chi connectivity index (χ4n) is 1.67. The Balaban J connectivity index is 3.17. The summed E-state index contributed by atoms with van der Waals surface area (Å²) in [5.74, 6) is 1.27. The lowest BCUT2D eigenvalue weighted by atomic mass is 9.97. The third-order valence-electron chi connectivity index (χ3n) is 2.38. The third kappa shape index (κ3) is 3.48. The van der Waals surface area contributed by atoms with Crippen molar-refractivity contribution in [1.29, 1.82) is 0 Å². The first-order valence-electron chi connectivity index (χ1n) is 4.85. The van der Waals surface area contributed by atoms with Crippen LogP contribution in [0.1, 0.15) is 16.7 Å². The van der Waals surface area contributed by atoms with Crippen molar-refractivity contribution in [3.63, 3.8) is 0 Å². The van der Waals surface area contributed by atoms with Crippen LogP contribution < -0.4 is 5.73 Å². The number of halogens is 3. The molecule has 0 aromatic heterocycles. The summed E-state index contributed by atoms with van der Waals surface area (Å²) in [7, 11) is 0. The lowest BCUT2D eigenvalue weighted by Crippen LogP contribution is -2.08. The van der Waals surface area contributed by atoms with Gasteiger partial charge >= 0.3 is 0 Å². The van der Waals surface area contributed by atoms with Gasteiger partial charge in [-0.3, -0.25) is 0 Å². The fraction of sp³-hybridized carbons (Fsp3) is 0.455. The maximum absolute atomic E-state index is 5.81. The number of hydrogen-bond donors (Lipinski definition) is 1. The van der Waals surface area contributed by atoms with E-state index in [0.717, 1.165) is 12.8 Å². The molecule has 0 atom stereocenters. The molecule has 1 aromatic rings. The van der Waals surface area contributed by atoms with Crippen molar-refractivity contribution in [1.82, 2.24) is 0 Å². The smallest absolute Gasteiger partial charge is 0.0264 e. The standard InChI is InChI=1S/C11H14Cl2IN/c12-5-3-9-8(7-15)1-2-11(14)10(9)4-6-13/h1-2H,3-7,15H2. The summed E-state index contributed by atoms with van der Waals surface area (Å²) >= 11 is 14.0. The van der Waals surface area contributed by atoms with E-state index in [1.807, 2.05) is 0 Å². The molecular formula is C11H14Cl2IN. The molecule has 0 fully saturated rings. The lowest BCUT2D eigenvalue weighted by Gasteiger charge is -2.14. The predicted octanol–water partition coefficient (Wildman–Crippen LogP) is 3.31. The minimum Gasteiger partial charge on any atom is -0.326 e. The van der Waals surface area contributed by atoms with E-state index in [9.17, 15) is 0 Å². The molecule has 0 unspecified atom stereocenters. The van der Waals surface area contributed by atoms with Crippen molar-refractivity contribution >= 4 is 45.8 Å². The molecule has 1 nitrogen and oxygen atoms in total. The Morgan fingerprint density at radius 3 is 2.20 bits per heavy atom. The topological polar surface area (TPSA) is 26.0 Å². The summed E-state index contributed by atoms with van der Waals surface area (Å²) in [6.45, 7) is 0.568. The summed E-state index contributed by atoms with van der Waals surface area (Å²) in [6.07, 6.45) is 1.76. The highest BCUT2D eigenvalue weighted by Crippen LogP contribution is 2.23. The molecule has 0 saturated carbocycles. The van der Waals surface area contributed by atoms with Crippen LogP contribution in [0.3, 0.4) is 0 Å². The van der Waals surface area contributed by atoms with E-state index in [2.05, 4.69) is 34.7 Å². The number of hydrogen-bond acceptors (Lipinski definition) is 1. The van der Waals surface area contributed by atoms with Crippen LogP contribution in [0.2, 0.25) is 0 Å². The van der Waals surface area contributed by atoms with Gasteiger partial charge in [-0.15, -0.1) is 23.2 Å². The van der Waals surface area contributed by atoms with Crippen LogP contribution >= 0.6 is 45.8 Å². The molecule has 0 bridgehead atoms. The largest absolute Gasteiger partial charge is 0.326 e. The van der Waals surface area contributed by atoms with E-state index in [-0.39, 0.29) is 0 Å². The summed E-state index contributed by atoms with van der Waals surface area (Å²) in [5.41, 5.74) is 9.51. The second kappa shape index (κ2) is 6.94. The molecule has 4 heteroatoms. The Hall–Kier alpha value is 0.490. The highest BCUT2D eigenvalue weighted by molar-refractivity contribution is 14.1. The maximum Gasteiger partial charge on any atom is 0.0264 e. The second-order valence-corrected chi connectivity index (χ2v) is 5.16. The first kappa shape index (κ1) is 13.6. The number of alkyl halides is 2. The van der Waals surface area contributed by atoms with E-state index >= 15 is 0 Å². The summed E-state index contributed by atoms with van der Waals surface area (Å²) in [5, 5.41) is 0. The van der Waals surface area contributed by atoms with Gasteiger partial charge in [0.15, 0.2) is 0 Å². The third-order valence-corrected chi connectivity index (χ3v) is 3.77. The number of rotatable bonds is 5. The van der Waals surface area contributed by atoms with Crippen molar-refractivity contribution in [3.8, 4) is 0 Å². The zero-order valence-corrected chi connectivity index (χ0v) is 12.1. The Morgan fingerprint density at radius 2 is 1.67 bits per heavy atom. The van der Waals surface area contributed by atoms with Crippen molar-refractivity contribution in [3.05, 3.63) is 32.4 Å². The summed E-state index contributed by atoms with van der Waals surface area (Å²) < 4.78 is 1.26. The van der Waals surface area contributed by atoms with E-state index in [0.29, 0.717) is 18.3 Å². The van der Waals surface area contributed by atoms with Crippen LogP contribution in [0.25, 0.3) is 0 Å².